The first-order valence-electron chi connectivity index (χ1n) is 5.98. The van der Waals surface area contributed by atoms with Crippen LogP contribution in [0.1, 0.15) is 46.0 Å². The highest BCUT2D eigenvalue weighted by molar-refractivity contribution is 5.79. The predicted molar refractivity (Wildman–Crippen MR) is 56.8 cm³/mol. The maximum atomic E-state index is 11.3. The van der Waals surface area contributed by atoms with Crippen molar-refractivity contribution >= 4 is 5.91 Å². The molecule has 1 saturated carbocycles. The van der Waals surface area contributed by atoms with Crippen LogP contribution in [0.25, 0.3) is 0 Å². The van der Waals surface area contributed by atoms with Gasteiger partial charge in [0.2, 0.25) is 5.91 Å². The van der Waals surface area contributed by atoms with Gasteiger partial charge in [0.1, 0.15) is 0 Å². The molecule has 2 fully saturated rings. The molecule has 2 aliphatic rings. The van der Waals surface area contributed by atoms with Crippen LogP contribution in [0.3, 0.4) is 0 Å². The summed E-state index contributed by atoms with van der Waals surface area (Å²) < 4.78 is 0. The number of rotatable bonds is 1. The summed E-state index contributed by atoms with van der Waals surface area (Å²) in [5, 5.41) is 3.05. The molecule has 1 amide bonds. The van der Waals surface area contributed by atoms with Gasteiger partial charge >= 0.3 is 0 Å². The minimum absolute atomic E-state index is 0.264. The minimum atomic E-state index is 0.264. The molecule has 4 atom stereocenters. The number of hydrogen-bond acceptors (Lipinski definition) is 1. The van der Waals surface area contributed by atoms with Crippen molar-refractivity contribution in [2.24, 2.45) is 17.8 Å². The molecule has 1 saturated heterocycles. The Bertz CT molecular complexity index is 226. The fraction of sp³-hybridized carbons (Fsp3) is 0.917. The zero-order valence-electron chi connectivity index (χ0n) is 9.25. The third-order valence-corrected chi connectivity index (χ3v) is 4.18. The highest BCUT2D eigenvalue weighted by Gasteiger charge is 2.38. The molecule has 1 heterocycles. The van der Waals surface area contributed by atoms with Gasteiger partial charge in [-0.2, -0.15) is 0 Å². The summed E-state index contributed by atoms with van der Waals surface area (Å²) >= 11 is 0. The SMILES string of the molecule is CC1CCCCC1C1CC(=O)NC1C. The summed E-state index contributed by atoms with van der Waals surface area (Å²) in [5.41, 5.74) is 0. The van der Waals surface area contributed by atoms with Gasteiger partial charge in [0.15, 0.2) is 0 Å². The van der Waals surface area contributed by atoms with Crippen molar-refractivity contribution in [3.8, 4) is 0 Å². The van der Waals surface area contributed by atoms with E-state index in [4.69, 9.17) is 0 Å². The van der Waals surface area contributed by atoms with Crippen molar-refractivity contribution in [2.45, 2.75) is 52.0 Å². The van der Waals surface area contributed by atoms with Crippen LogP contribution in [-0.2, 0) is 4.79 Å². The van der Waals surface area contributed by atoms with Gasteiger partial charge in [-0.3, -0.25) is 4.79 Å². The van der Waals surface area contributed by atoms with E-state index in [0.717, 1.165) is 18.3 Å². The van der Waals surface area contributed by atoms with Crippen LogP contribution in [-0.4, -0.2) is 11.9 Å². The number of nitrogens with one attached hydrogen (secondary N) is 1. The van der Waals surface area contributed by atoms with Gasteiger partial charge in [-0.25, -0.2) is 0 Å². The molecule has 0 spiro atoms. The molecule has 0 aromatic heterocycles. The molecule has 1 aliphatic carbocycles. The van der Waals surface area contributed by atoms with Crippen LogP contribution in [0, 0.1) is 17.8 Å². The lowest BCUT2D eigenvalue weighted by Gasteiger charge is -2.34. The van der Waals surface area contributed by atoms with Gasteiger partial charge in [-0.15, -0.1) is 0 Å². The normalized spacial score (nSPS) is 43.7. The quantitative estimate of drug-likeness (QED) is 0.683. The van der Waals surface area contributed by atoms with Crippen LogP contribution in [0.4, 0.5) is 0 Å². The third kappa shape index (κ3) is 1.79. The molecular formula is C12H21NO. The Morgan fingerprint density at radius 2 is 1.86 bits per heavy atom. The number of hydrogen-bond donors (Lipinski definition) is 1. The largest absolute Gasteiger partial charge is 0.353 e. The smallest absolute Gasteiger partial charge is 0.220 e. The van der Waals surface area contributed by atoms with Crippen molar-refractivity contribution in [1.82, 2.24) is 5.32 Å². The van der Waals surface area contributed by atoms with Gasteiger partial charge in [0.05, 0.1) is 0 Å². The Labute approximate surface area is 86.5 Å². The Hall–Kier alpha value is -0.530. The molecule has 4 unspecified atom stereocenters. The Morgan fingerprint density at radius 3 is 2.43 bits per heavy atom. The van der Waals surface area contributed by atoms with Crippen LogP contribution < -0.4 is 5.32 Å². The maximum absolute atomic E-state index is 11.3. The van der Waals surface area contributed by atoms with Crippen LogP contribution in [0.2, 0.25) is 0 Å². The van der Waals surface area contributed by atoms with Gasteiger partial charge < -0.3 is 5.32 Å². The van der Waals surface area contributed by atoms with Gasteiger partial charge in [0.25, 0.3) is 0 Å². The maximum Gasteiger partial charge on any atom is 0.220 e. The standard InChI is InChI=1S/C12H21NO/c1-8-5-3-4-6-10(8)11-7-12(14)13-9(11)2/h8-11H,3-7H2,1-2H3,(H,13,14). The van der Waals surface area contributed by atoms with E-state index in [0.29, 0.717) is 12.0 Å². The van der Waals surface area contributed by atoms with E-state index < -0.39 is 0 Å². The van der Waals surface area contributed by atoms with Crippen molar-refractivity contribution < 1.29 is 4.79 Å². The van der Waals surface area contributed by atoms with Crippen molar-refractivity contribution in [3.05, 3.63) is 0 Å². The van der Waals surface area contributed by atoms with E-state index in [1.807, 2.05) is 0 Å². The van der Waals surface area contributed by atoms with Crippen molar-refractivity contribution in [1.29, 1.82) is 0 Å². The highest BCUT2D eigenvalue weighted by Crippen LogP contribution is 2.39. The average molecular weight is 195 g/mol. The lowest BCUT2D eigenvalue weighted by Crippen LogP contribution is -2.33. The molecule has 2 heteroatoms. The van der Waals surface area contributed by atoms with E-state index in [-0.39, 0.29) is 5.91 Å². The summed E-state index contributed by atoms with van der Waals surface area (Å²) in [7, 11) is 0. The molecular weight excluding hydrogens is 174 g/mol. The van der Waals surface area contributed by atoms with E-state index in [9.17, 15) is 4.79 Å². The Balaban J connectivity index is 2.02. The lowest BCUT2D eigenvalue weighted by molar-refractivity contribution is -0.119. The van der Waals surface area contributed by atoms with Crippen molar-refractivity contribution in [3.63, 3.8) is 0 Å². The molecule has 0 bridgehead atoms. The van der Waals surface area contributed by atoms with E-state index >= 15 is 0 Å². The summed E-state index contributed by atoms with van der Waals surface area (Å²) in [6.45, 7) is 4.52. The third-order valence-electron chi connectivity index (χ3n) is 4.18. The topological polar surface area (TPSA) is 29.1 Å². The number of carbonyl (C=O) groups is 1. The highest BCUT2D eigenvalue weighted by atomic mass is 16.1. The fourth-order valence-corrected chi connectivity index (χ4v) is 3.31. The van der Waals surface area contributed by atoms with Crippen LogP contribution in [0.5, 0.6) is 0 Å². The first kappa shape index (κ1) is 10.0. The Kier molecular flexibility index (Phi) is 2.80. The molecule has 0 aromatic carbocycles. The predicted octanol–water partition coefficient (Wildman–Crippen LogP) is 2.34. The van der Waals surface area contributed by atoms with Crippen molar-refractivity contribution in [2.75, 3.05) is 0 Å². The fourth-order valence-electron chi connectivity index (χ4n) is 3.31. The van der Waals surface area contributed by atoms with Gasteiger partial charge in [-0.05, 0) is 31.1 Å². The molecule has 2 rings (SSSR count). The van der Waals surface area contributed by atoms with Gasteiger partial charge in [-0.1, -0.05) is 26.2 Å². The first-order chi connectivity index (χ1) is 6.68. The molecule has 80 valence electrons. The summed E-state index contributed by atoms with van der Waals surface area (Å²) in [5.74, 6) is 2.49. The molecule has 0 aromatic rings. The molecule has 0 radical (unpaired) electrons. The number of carbonyl (C=O) groups excluding carboxylic acids is 1. The second-order valence-electron chi connectivity index (χ2n) is 5.15. The summed E-state index contributed by atoms with van der Waals surface area (Å²) in [4.78, 5) is 11.3. The summed E-state index contributed by atoms with van der Waals surface area (Å²) in [6, 6.07) is 0.410. The monoisotopic (exact) mass is 195 g/mol. The Morgan fingerprint density at radius 1 is 1.14 bits per heavy atom. The van der Waals surface area contributed by atoms with E-state index in [1.165, 1.54) is 25.7 Å². The zero-order chi connectivity index (χ0) is 10.1. The van der Waals surface area contributed by atoms with E-state index in [2.05, 4.69) is 19.2 Å². The molecule has 2 nitrogen and oxygen atoms in total. The van der Waals surface area contributed by atoms with Crippen LogP contribution >= 0.6 is 0 Å². The second kappa shape index (κ2) is 3.92. The van der Waals surface area contributed by atoms with E-state index in [1.54, 1.807) is 0 Å². The molecule has 14 heavy (non-hydrogen) atoms. The summed E-state index contributed by atoms with van der Waals surface area (Å²) in [6.07, 6.45) is 6.23. The second-order valence-corrected chi connectivity index (χ2v) is 5.15. The zero-order valence-corrected chi connectivity index (χ0v) is 9.25. The van der Waals surface area contributed by atoms with Gasteiger partial charge in [0, 0.05) is 12.5 Å². The number of amides is 1. The first-order valence-corrected chi connectivity index (χ1v) is 5.98. The van der Waals surface area contributed by atoms with Crippen LogP contribution in [0.15, 0.2) is 0 Å². The minimum Gasteiger partial charge on any atom is -0.353 e. The molecule has 1 N–H and O–H groups in total. The lowest BCUT2D eigenvalue weighted by atomic mass is 9.71. The average Bonchev–Trinajstić information content (AvgIpc) is 2.46. The molecule has 1 aliphatic heterocycles.